The van der Waals surface area contributed by atoms with E-state index in [2.05, 4.69) is 6.07 Å². The van der Waals surface area contributed by atoms with Crippen molar-refractivity contribution in [2.75, 3.05) is 0 Å². The van der Waals surface area contributed by atoms with Gasteiger partial charge in [-0.2, -0.15) is 26.3 Å². The van der Waals surface area contributed by atoms with Crippen LogP contribution in [-0.2, 0) is 12.4 Å². The smallest absolute Gasteiger partial charge is 0.416 e. The highest BCUT2D eigenvalue weighted by atomic mass is 19.4. The molecule has 0 amide bonds. The molecule has 0 bridgehead atoms. The quantitative estimate of drug-likeness (QED) is 0.146. The Morgan fingerprint density at radius 2 is 0.977 bits per heavy atom. The number of hydrogen-bond donors (Lipinski definition) is 0. The zero-order chi connectivity index (χ0) is 29.7. The van der Waals surface area contributed by atoms with Crippen molar-refractivity contribution in [1.82, 2.24) is 0 Å². The lowest BCUT2D eigenvalue weighted by Crippen LogP contribution is -2.04. The summed E-state index contributed by atoms with van der Waals surface area (Å²) in [5.41, 5.74) is 2.43. The van der Waals surface area contributed by atoms with Gasteiger partial charge in [0.2, 0.25) is 0 Å². The van der Waals surface area contributed by atoms with Gasteiger partial charge in [-0.1, -0.05) is 60.7 Å². The van der Waals surface area contributed by atoms with E-state index < -0.39 is 23.5 Å². The zero-order valence-electron chi connectivity index (χ0n) is 22.1. The van der Waals surface area contributed by atoms with Gasteiger partial charge in [0.1, 0.15) is 11.2 Å². The van der Waals surface area contributed by atoms with Crippen LogP contribution < -0.4 is 0 Å². The first-order chi connectivity index (χ1) is 20.6. The van der Waals surface area contributed by atoms with Crippen molar-refractivity contribution in [3.05, 3.63) is 120 Å². The lowest BCUT2D eigenvalue weighted by molar-refractivity contribution is -0.138. The topological polar surface area (TPSA) is 13.1 Å². The summed E-state index contributed by atoms with van der Waals surface area (Å²) in [5, 5.41) is 7.21. The molecule has 1 aromatic heterocycles. The van der Waals surface area contributed by atoms with E-state index >= 15 is 0 Å². The van der Waals surface area contributed by atoms with Crippen LogP contribution in [-0.4, -0.2) is 0 Å². The molecule has 8 rings (SSSR count). The molecule has 0 radical (unpaired) electrons. The zero-order valence-corrected chi connectivity index (χ0v) is 22.1. The van der Waals surface area contributed by atoms with Crippen LogP contribution in [0.25, 0.3) is 76.5 Å². The molecule has 0 N–H and O–H groups in total. The van der Waals surface area contributed by atoms with Crippen molar-refractivity contribution in [2.45, 2.75) is 12.4 Å². The Kier molecular flexibility index (Phi) is 5.21. The Hall–Kier alpha value is -5.04. The van der Waals surface area contributed by atoms with E-state index in [9.17, 15) is 26.3 Å². The van der Waals surface area contributed by atoms with E-state index in [0.29, 0.717) is 22.3 Å². The molecule has 1 heterocycles. The maximum atomic E-state index is 13.4. The second-order valence-electron chi connectivity index (χ2n) is 10.7. The minimum absolute atomic E-state index is 0.563. The minimum Gasteiger partial charge on any atom is -0.455 e. The van der Waals surface area contributed by atoms with Crippen LogP contribution >= 0.6 is 0 Å². The van der Waals surface area contributed by atoms with Crippen molar-refractivity contribution in [3.63, 3.8) is 0 Å². The standard InChI is InChI=1S/C36H18F6O/c37-35(38,39)22-10-5-19(6-11-22)28-18-29(20-7-12-23(13-8-20)36(40,41)42)26-15-16-27-32-21(9-14-25(28)33(26)32)17-30-24-3-1-2-4-31(24)43-34(27)30/h1-18H. The summed E-state index contributed by atoms with van der Waals surface area (Å²) in [6.45, 7) is 0. The van der Waals surface area contributed by atoms with Gasteiger partial charge in [-0.15, -0.1) is 0 Å². The van der Waals surface area contributed by atoms with Gasteiger partial charge < -0.3 is 4.42 Å². The predicted molar refractivity (Wildman–Crippen MR) is 158 cm³/mol. The van der Waals surface area contributed by atoms with Crippen molar-refractivity contribution in [3.8, 4) is 22.3 Å². The summed E-state index contributed by atoms with van der Waals surface area (Å²) in [6.07, 6.45) is -8.96. The van der Waals surface area contributed by atoms with Gasteiger partial charge in [-0.25, -0.2) is 0 Å². The van der Waals surface area contributed by atoms with E-state index in [-0.39, 0.29) is 0 Å². The van der Waals surface area contributed by atoms with Crippen LogP contribution in [0.4, 0.5) is 26.3 Å². The SMILES string of the molecule is FC(F)(F)c1ccc(-c2cc(-c3ccc(C(F)(F)F)cc3)c3ccc4c5oc6ccccc6c5cc5ccc2c3c54)cc1. The largest absolute Gasteiger partial charge is 0.455 e. The highest BCUT2D eigenvalue weighted by Crippen LogP contribution is 2.47. The Balaban J connectivity index is 1.48. The number of rotatable bonds is 2. The minimum atomic E-state index is -4.48. The number of fused-ring (bicyclic) bond motifs is 4. The van der Waals surface area contributed by atoms with E-state index in [1.165, 1.54) is 24.3 Å². The van der Waals surface area contributed by atoms with Gasteiger partial charge in [0.15, 0.2) is 0 Å². The molecule has 1 nitrogen and oxygen atoms in total. The number of alkyl halides is 6. The molecule has 43 heavy (non-hydrogen) atoms. The predicted octanol–water partition coefficient (Wildman–Crippen LogP) is 11.9. The number of hydrogen-bond acceptors (Lipinski definition) is 1. The van der Waals surface area contributed by atoms with E-state index in [1.807, 2.05) is 54.6 Å². The van der Waals surface area contributed by atoms with Gasteiger partial charge >= 0.3 is 12.4 Å². The average molecular weight is 581 g/mol. The number of halogens is 6. The van der Waals surface area contributed by atoms with E-state index in [0.717, 1.165) is 78.5 Å². The number of para-hydroxylation sites is 1. The summed E-state index contributed by atoms with van der Waals surface area (Å²) < 4.78 is 86.5. The van der Waals surface area contributed by atoms with Gasteiger partial charge in [-0.05, 0) is 92.3 Å². The van der Waals surface area contributed by atoms with Crippen LogP contribution in [0.5, 0.6) is 0 Å². The van der Waals surface area contributed by atoms with E-state index in [4.69, 9.17) is 4.42 Å². The first-order valence-electron chi connectivity index (χ1n) is 13.5. The molecule has 210 valence electrons. The second kappa shape index (κ2) is 8.74. The third-order valence-electron chi connectivity index (χ3n) is 8.29. The number of furan rings is 1. The van der Waals surface area contributed by atoms with Gasteiger partial charge in [-0.3, -0.25) is 0 Å². The lowest BCUT2D eigenvalue weighted by atomic mass is 9.85. The Morgan fingerprint density at radius 1 is 0.442 bits per heavy atom. The molecule has 8 aromatic rings. The van der Waals surface area contributed by atoms with Gasteiger partial charge in [0.05, 0.1) is 11.1 Å². The van der Waals surface area contributed by atoms with Crippen LogP contribution in [0.2, 0.25) is 0 Å². The van der Waals surface area contributed by atoms with Crippen molar-refractivity contribution >= 4 is 54.3 Å². The highest BCUT2D eigenvalue weighted by Gasteiger charge is 2.31. The summed E-state index contributed by atoms with van der Waals surface area (Å²) in [7, 11) is 0. The fourth-order valence-electron chi connectivity index (χ4n) is 6.30. The Bertz CT molecular complexity index is 2260. The van der Waals surface area contributed by atoms with Crippen molar-refractivity contribution in [1.29, 1.82) is 0 Å². The lowest BCUT2D eigenvalue weighted by Gasteiger charge is -2.19. The maximum absolute atomic E-state index is 13.4. The monoisotopic (exact) mass is 580 g/mol. The van der Waals surface area contributed by atoms with Gasteiger partial charge in [0.25, 0.3) is 0 Å². The molecule has 0 fully saturated rings. The molecule has 0 saturated carbocycles. The first-order valence-corrected chi connectivity index (χ1v) is 13.5. The van der Waals surface area contributed by atoms with Crippen LogP contribution in [0.1, 0.15) is 11.1 Å². The van der Waals surface area contributed by atoms with Crippen LogP contribution in [0.3, 0.4) is 0 Å². The third kappa shape index (κ3) is 3.88. The molecule has 0 aliphatic carbocycles. The highest BCUT2D eigenvalue weighted by molar-refractivity contribution is 6.33. The Morgan fingerprint density at radius 3 is 1.56 bits per heavy atom. The Labute approximate surface area is 239 Å². The molecular weight excluding hydrogens is 562 g/mol. The number of benzene rings is 7. The third-order valence-corrected chi connectivity index (χ3v) is 8.29. The second-order valence-corrected chi connectivity index (χ2v) is 10.7. The summed E-state index contributed by atoms with van der Waals surface area (Å²) >= 11 is 0. The molecule has 0 spiro atoms. The molecule has 0 aliphatic heterocycles. The molecule has 0 saturated heterocycles. The summed E-state index contributed by atoms with van der Waals surface area (Å²) in [5.74, 6) is 0. The van der Waals surface area contributed by atoms with Crippen molar-refractivity contribution < 1.29 is 30.8 Å². The molecule has 0 unspecified atom stereocenters. The molecule has 0 aliphatic rings. The molecular formula is C36H18F6O. The van der Waals surface area contributed by atoms with Crippen LogP contribution in [0, 0.1) is 0 Å². The fourth-order valence-corrected chi connectivity index (χ4v) is 6.30. The summed E-state index contributed by atoms with van der Waals surface area (Å²) in [4.78, 5) is 0. The van der Waals surface area contributed by atoms with Gasteiger partial charge in [0, 0.05) is 21.5 Å². The molecule has 7 heteroatoms. The first kappa shape index (κ1) is 25.7. The van der Waals surface area contributed by atoms with Crippen molar-refractivity contribution in [2.24, 2.45) is 0 Å². The average Bonchev–Trinajstić information content (AvgIpc) is 3.37. The molecule has 0 atom stereocenters. The normalized spacial score (nSPS) is 12.9. The maximum Gasteiger partial charge on any atom is 0.416 e. The molecule has 7 aromatic carbocycles. The fraction of sp³-hybridized carbons (Fsp3) is 0.0556. The van der Waals surface area contributed by atoms with Crippen LogP contribution in [0.15, 0.2) is 114 Å². The van der Waals surface area contributed by atoms with E-state index in [1.54, 1.807) is 0 Å². The summed E-state index contributed by atoms with van der Waals surface area (Å²) in [6, 6.07) is 29.5.